The van der Waals surface area contributed by atoms with Crippen molar-refractivity contribution in [1.29, 1.82) is 0 Å². The minimum absolute atomic E-state index is 0.0148. The van der Waals surface area contributed by atoms with Gasteiger partial charge < -0.3 is 26.4 Å². The van der Waals surface area contributed by atoms with Crippen molar-refractivity contribution >= 4 is 34.9 Å². The van der Waals surface area contributed by atoms with E-state index in [-0.39, 0.29) is 29.3 Å². The van der Waals surface area contributed by atoms with Gasteiger partial charge in [-0.3, -0.25) is 14.4 Å². The van der Waals surface area contributed by atoms with Crippen molar-refractivity contribution in [2.24, 2.45) is 5.73 Å². The zero-order valence-electron chi connectivity index (χ0n) is 21.0. The van der Waals surface area contributed by atoms with Crippen LogP contribution in [0.15, 0.2) is 78.9 Å². The van der Waals surface area contributed by atoms with Crippen molar-refractivity contribution in [1.82, 2.24) is 14.6 Å². The van der Waals surface area contributed by atoms with Gasteiger partial charge in [-0.2, -0.15) is 4.37 Å². The van der Waals surface area contributed by atoms with Crippen molar-refractivity contribution in [2.75, 3.05) is 12.8 Å². The molecule has 0 unspecified atom stereocenters. The molecule has 1 atom stereocenters. The lowest BCUT2D eigenvalue weighted by Crippen LogP contribution is -2.43. The number of amides is 3. The first-order chi connectivity index (χ1) is 18.8. The monoisotopic (exact) mass is 547 g/mol. The van der Waals surface area contributed by atoms with Crippen LogP contribution in [0.2, 0.25) is 0 Å². The number of aromatic nitrogens is 1. The molecule has 0 saturated carbocycles. The second-order valence-electron chi connectivity index (χ2n) is 8.58. The average molecular weight is 548 g/mol. The fraction of sp³-hybridized carbons (Fsp3) is 0.143. The zero-order valence-corrected chi connectivity index (χ0v) is 21.8. The number of methoxy groups -OCH3 is 1. The van der Waals surface area contributed by atoms with Gasteiger partial charge in [0.15, 0.2) is 5.69 Å². The van der Waals surface area contributed by atoms with Gasteiger partial charge in [-0.1, -0.05) is 54.6 Å². The van der Waals surface area contributed by atoms with Crippen molar-refractivity contribution < 1.29 is 23.5 Å². The minimum Gasteiger partial charge on any atom is -0.497 e. The van der Waals surface area contributed by atoms with E-state index in [1.54, 1.807) is 31.4 Å². The Morgan fingerprint density at radius 2 is 1.67 bits per heavy atom. The van der Waals surface area contributed by atoms with E-state index in [0.29, 0.717) is 11.3 Å². The van der Waals surface area contributed by atoms with E-state index in [9.17, 15) is 18.8 Å². The third kappa shape index (κ3) is 6.39. The Bertz CT molecular complexity index is 1460. The van der Waals surface area contributed by atoms with E-state index < -0.39 is 29.6 Å². The van der Waals surface area contributed by atoms with Crippen LogP contribution in [0.5, 0.6) is 5.75 Å². The summed E-state index contributed by atoms with van der Waals surface area (Å²) in [5, 5.41) is 2.88. The van der Waals surface area contributed by atoms with Gasteiger partial charge in [-0.25, -0.2) is 4.39 Å². The van der Waals surface area contributed by atoms with Crippen LogP contribution in [0.4, 0.5) is 10.1 Å². The molecule has 0 bridgehead atoms. The first-order valence-electron chi connectivity index (χ1n) is 11.8. The number of anilines is 1. The zero-order chi connectivity index (χ0) is 27.9. The van der Waals surface area contributed by atoms with E-state index in [2.05, 4.69) is 9.69 Å². The molecule has 11 heteroatoms. The number of hydrogen-bond acceptors (Lipinski definition) is 7. The Labute approximate surface area is 228 Å². The van der Waals surface area contributed by atoms with Crippen LogP contribution in [0.25, 0.3) is 0 Å². The molecule has 0 radical (unpaired) electrons. The fourth-order valence-electron chi connectivity index (χ4n) is 3.97. The highest BCUT2D eigenvalue weighted by Gasteiger charge is 2.35. The number of carbonyl (C=O) groups is 3. The smallest absolute Gasteiger partial charge is 0.270 e. The van der Waals surface area contributed by atoms with Gasteiger partial charge in [0, 0.05) is 13.1 Å². The number of nitrogen functional groups attached to an aromatic ring is 1. The first-order valence-corrected chi connectivity index (χ1v) is 12.6. The van der Waals surface area contributed by atoms with Gasteiger partial charge in [0.25, 0.3) is 11.8 Å². The van der Waals surface area contributed by atoms with Crippen LogP contribution in [-0.2, 0) is 17.9 Å². The highest BCUT2D eigenvalue weighted by molar-refractivity contribution is 7.09. The number of nitrogens with one attached hydrogen (secondary N) is 1. The lowest BCUT2D eigenvalue weighted by molar-refractivity contribution is -0.126. The molecule has 0 saturated heterocycles. The topological polar surface area (TPSA) is 141 Å². The maximum atomic E-state index is 13.9. The van der Waals surface area contributed by atoms with E-state index >= 15 is 0 Å². The van der Waals surface area contributed by atoms with Gasteiger partial charge in [-0.05, 0) is 52.5 Å². The summed E-state index contributed by atoms with van der Waals surface area (Å²) < 4.78 is 22.9. The first kappa shape index (κ1) is 27.3. The molecule has 0 aliphatic rings. The van der Waals surface area contributed by atoms with Gasteiger partial charge in [0.05, 0.1) is 12.8 Å². The molecule has 0 aliphatic heterocycles. The Morgan fingerprint density at radius 1 is 1.00 bits per heavy atom. The molecule has 9 nitrogen and oxygen atoms in total. The predicted molar refractivity (Wildman–Crippen MR) is 145 cm³/mol. The minimum atomic E-state index is -1.17. The van der Waals surface area contributed by atoms with Gasteiger partial charge >= 0.3 is 0 Å². The molecule has 4 rings (SSSR count). The number of halogens is 1. The van der Waals surface area contributed by atoms with Crippen LogP contribution < -0.4 is 21.5 Å². The van der Waals surface area contributed by atoms with E-state index in [1.165, 1.54) is 29.2 Å². The molecular weight excluding hydrogens is 521 g/mol. The third-order valence-electron chi connectivity index (χ3n) is 5.98. The molecule has 0 spiro atoms. The van der Waals surface area contributed by atoms with Crippen molar-refractivity contribution in [3.63, 3.8) is 0 Å². The number of nitrogens with zero attached hydrogens (tertiary/aromatic N) is 2. The molecule has 1 heterocycles. The molecule has 5 N–H and O–H groups in total. The number of benzene rings is 3. The number of ether oxygens (including phenoxy) is 1. The van der Waals surface area contributed by atoms with Gasteiger partial charge in [0.1, 0.15) is 22.5 Å². The largest absolute Gasteiger partial charge is 0.497 e. The van der Waals surface area contributed by atoms with E-state index in [4.69, 9.17) is 16.2 Å². The van der Waals surface area contributed by atoms with Gasteiger partial charge in [0.2, 0.25) is 5.91 Å². The number of hydrogen-bond donors (Lipinski definition) is 3. The lowest BCUT2D eigenvalue weighted by Gasteiger charge is -2.31. The van der Waals surface area contributed by atoms with Crippen molar-refractivity contribution in [2.45, 2.75) is 19.1 Å². The Morgan fingerprint density at radius 3 is 2.26 bits per heavy atom. The molecule has 4 aromatic rings. The molecule has 3 amide bonds. The molecule has 39 heavy (non-hydrogen) atoms. The molecule has 3 aromatic carbocycles. The number of carbonyl (C=O) groups excluding carboxylic acids is 3. The summed E-state index contributed by atoms with van der Waals surface area (Å²) in [6.07, 6.45) is 0. The van der Waals surface area contributed by atoms with Gasteiger partial charge in [-0.15, -0.1) is 0 Å². The molecule has 200 valence electrons. The molecule has 1 aromatic heterocycles. The summed E-state index contributed by atoms with van der Waals surface area (Å²) in [4.78, 5) is 40.7. The molecular formula is C28H26FN5O4S. The number of nitrogens with two attached hydrogens (primary N) is 2. The van der Waals surface area contributed by atoms with Crippen LogP contribution in [-0.4, -0.2) is 34.1 Å². The van der Waals surface area contributed by atoms with E-state index in [0.717, 1.165) is 22.7 Å². The Balaban J connectivity index is 1.74. The molecule has 0 fully saturated rings. The maximum absolute atomic E-state index is 13.9. The van der Waals surface area contributed by atoms with Crippen molar-refractivity contribution in [3.8, 4) is 5.75 Å². The summed E-state index contributed by atoms with van der Waals surface area (Å²) in [6, 6.07) is 20.4. The van der Waals surface area contributed by atoms with Crippen LogP contribution in [0.3, 0.4) is 0 Å². The highest BCUT2D eigenvalue weighted by Crippen LogP contribution is 2.30. The average Bonchev–Trinajstić information content (AvgIpc) is 3.34. The predicted octanol–water partition coefficient (Wildman–Crippen LogP) is 3.67. The summed E-state index contributed by atoms with van der Waals surface area (Å²) >= 11 is 0.721. The lowest BCUT2D eigenvalue weighted by atomic mass is 10.0. The van der Waals surface area contributed by atoms with E-state index in [1.807, 2.05) is 30.3 Å². The van der Waals surface area contributed by atoms with Crippen LogP contribution in [0, 0.1) is 5.82 Å². The third-order valence-corrected chi connectivity index (χ3v) is 6.83. The second-order valence-corrected chi connectivity index (χ2v) is 9.35. The summed E-state index contributed by atoms with van der Waals surface area (Å²) in [6.45, 7) is 0.184. The second kappa shape index (κ2) is 12.2. The number of primary amides is 1. The Kier molecular flexibility index (Phi) is 8.52. The summed E-state index contributed by atoms with van der Waals surface area (Å²) in [7, 11) is 1.56. The maximum Gasteiger partial charge on any atom is 0.270 e. The van der Waals surface area contributed by atoms with Crippen LogP contribution in [0.1, 0.15) is 42.9 Å². The van der Waals surface area contributed by atoms with Crippen molar-refractivity contribution in [3.05, 3.63) is 112 Å². The number of rotatable bonds is 10. The summed E-state index contributed by atoms with van der Waals surface area (Å²) in [5.74, 6) is -1.82. The standard InChI is InChI=1S/C28H26FN5O4S/c1-38-21-13-7-17(8-14-21)15-32-27(36)24(19-9-11-20(29)12-10-19)34(16-18-5-3-2-4-6-18)28(37)25-22(30)23(26(31)35)33-39-25/h2-14,24H,15-16,30H2,1H3,(H2,31,35)(H,32,36)/t24-/m1/s1. The quantitative estimate of drug-likeness (QED) is 0.277. The fourth-order valence-corrected chi connectivity index (χ4v) is 4.73. The highest BCUT2D eigenvalue weighted by atomic mass is 32.1. The SMILES string of the molecule is COc1ccc(CNC(=O)[C@@H](c2ccc(F)cc2)N(Cc2ccccc2)C(=O)c2snc(C(N)=O)c2N)cc1. The normalized spacial score (nSPS) is 11.4. The summed E-state index contributed by atoms with van der Waals surface area (Å²) in [5.41, 5.74) is 13.0. The molecule has 0 aliphatic carbocycles. The van der Waals surface area contributed by atoms with Crippen LogP contribution >= 0.6 is 11.5 Å². The Hall–Kier alpha value is -4.77.